The van der Waals surface area contributed by atoms with Crippen LogP contribution in [0.1, 0.15) is 11.4 Å². The standard InChI is InChI=1S/C22H15Cl2N3O/c1-14-26-21-11-6-16(23)12-19(21)22(28)27(14)18-9-7-17(8-10-18)25-13-15-4-2-3-5-20(15)24/h2-13H,1H3. The van der Waals surface area contributed by atoms with E-state index < -0.39 is 0 Å². The average molecular weight is 408 g/mol. The predicted molar refractivity (Wildman–Crippen MR) is 116 cm³/mol. The van der Waals surface area contributed by atoms with Gasteiger partial charge in [-0.3, -0.25) is 14.4 Å². The van der Waals surface area contributed by atoms with E-state index in [0.29, 0.717) is 32.5 Å². The highest BCUT2D eigenvalue weighted by molar-refractivity contribution is 6.33. The van der Waals surface area contributed by atoms with E-state index in [1.165, 1.54) is 0 Å². The van der Waals surface area contributed by atoms with Crippen molar-refractivity contribution in [3.63, 3.8) is 0 Å². The van der Waals surface area contributed by atoms with Gasteiger partial charge in [0.1, 0.15) is 5.82 Å². The number of hydrogen-bond acceptors (Lipinski definition) is 3. The van der Waals surface area contributed by atoms with Crippen LogP contribution in [-0.2, 0) is 0 Å². The Morgan fingerprint density at radius 1 is 1.00 bits per heavy atom. The lowest BCUT2D eigenvalue weighted by molar-refractivity contribution is 0.895. The van der Waals surface area contributed by atoms with Crippen molar-refractivity contribution in [3.05, 3.63) is 98.5 Å². The Balaban J connectivity index is 1.71. The molecule has 6 heteroatoms. The second kappa shape index (κ2) is 7.58. The summed E-state index contributed by atoms with van der Waals surface area (Å²) in [5.74, 6) is 0.604. The van der Waals surface area contributed by atoms with Crippen molar-refractivity contribution in [3.8, 4) is 5.69 Å². The molecule has 1 aromatic heterocycles. The second-order valence-corrected chi connectivity index (χ2v) is 7.10. The van der Waals surface area contributed by atoms with Crippen molar-refractivity contribution in [1.82, 2.24) is 9.55 Å². The molecule has 0 amide bonds. The molecule has 4 nitrogen and oxygen atoms in total. The number of fused-ring (bicyclic) bond motifs is 1. The summed E-state index contributed by atoms with van der Waals surface area (Å²) in [6, 6.07) is 20.0. The molecule has 0 atom stereocenters. The van der Waals surface area contributed by atoms with Crippen molar-refractivity contribution in [2.45, 2.75) is 6.92 Å². The van der Waals surface area contributed by atoms with Crippen LogP contribution in [0.5, 0.6) is 0 Å². The zero-order valence-corrected chi connectivity index (χ0v) is 16.4. The van der Waals surface area contributed by atoms with E-state index in [4.69, 9.17) is 23.2 Å². The van der Waals surface area contributed by atoms with Crippen LogP contribution < -0.4 is 5.56 Å². The zero-order chi connectivity index (χ0) is 19.7. The quantitative estimate of drug-likeness (QED) is 0.405. The van der Waals surface area contributed by atoms with E-state index in [1.807, 2.05) is 48.5 Å². The summed E-state index contributed by atoms with van der Waals surface area (Å²) in [5, 5.41) is 1.64. The van der Waals surface area contributed by atoms with Gasteiger partial charge in [0.05, 0.1) is 22.3 Å². The predicted octanol–water partition coefficient (Wildman–Crippen LogP) is 5.75. The fraction of sp³-hybridized carbons (Fsp3) is 0.0455. The summed E-state index contributed by atoms with van der Waals surface area (Å²) in [4.78, 5) is 21.9. The third-order valence-corrected chi connectivity index (χ3v) is 4.94. The smallest absolute Gasteiger partial charge is 0.266 e. The van der Waals surface area contributed by atoms with Crippen LogP contribution in [0.3, 0.4) is 0 Å². The molecular weight excluding hydrogens is 393 g/mol. The lowest BCUT2D eigenvalue weighted by Gasteiger charge is -2.11. The van der Waals surface area contributed by atoms with Gasteiger partial charge in [-0.15, -0.1) is 0 Å². The van der Waals surface area contributed by atoms with E-state index in [-0.39, 0.29) is 5.56 Å². The topological polar surface area (TPSA) is 47.2 Å². The molecular formula is C22H15Cl2N3O. The van der Waals surface area contributed by atoms with Crippen LogP contribution in [-0.4, -0.2) is 15.8 Å². The Kier molecular flexibility index (Phi) is 4.99. The summed E-state index contributed by atoms with van der Waals surface area (Å²) in [7, 11) is 0. The number of hydrogen-bond donors (Lipinski definition) is 0. The first-order chi connectivity index (χ1) is 13.5. The summed E-state index contributed by atoms with van der Waals surface area (Å²) >= 11 is 12.2. The normalized spacial score (nSPS) is 11.4. The van der Waals surface area contributed by atoms with Gasteiger partial charge in [-0.1, -0.05) is 41.4 Å². The van der Waals surface area contributed by atoms with Gasteiger partial charge in [-0.05, 0) is 55.5 Å². The maximum atomic E-state index is 13.0. The SMILES string of the molecule is Cc1nc2ccc(Cl)cc2c(=O)n1-c1ccc(N=Cc2ccccc2Cl)cc1. The van der Waals surface area contributed by atoms with Crippen molar-refractivity contribution < 1.29 is 0 Å². The number of aryl methyl sites for hydroxylation is 1. The first-order valence-electron chi connectivity index (χ1n) is 8.61. The van der Waals surface area contributed by atoms with Crippen molar-refractivity contribution in [2.75, 3.05) is 0 Å². The fourth-order valence-electron chi connectivity index (χ4n) is 2.98. The number of nitrogens with zero attached hydrogens (tertiary/aromatic N) is 3. The van der Waals surface area contributed by atoms with Gasteiger partial charge in [0, 0.05) is 21.8 Å². The highest BCUT2D eigenvalue weighted by Gasteiger charge is 2.10. The van der Waals surface area contributed by atoms with E-state index in [1.54, 1.807) is 35.9 Å². The molecule has 1 heterocycles. The molecule has 0 saturated carbocycles. The minimum atomic E-state index is -0.155. The first kappa shape index (κ1) is 18.4. The lowest BCUT2D eigenvalue weighted by atomic mass is 10.2. The number of aliphatic imine (C=N–C) groups is 1. The summed E-state index contributed by atoms with van der Waals surface area (Å²) in [6.07, 6.45) is 1.72. The van der Waals surface area contributed by atoms with Gasteiger partial charge in [0.15, 0.2) is 0 Å². The summed E-state index contributed by atoms with van der Waals surface area (Å²) in [6.45, 7) is 1.80. The second-order valence-electron chi connectivity index (χ2n) is 6.26. The third kappa shape index (κ3) is 3.57. The maximum Gasteiger partial charge on any atom is 0.266 e. The van der Waals surface area contributed by atoms with Crippen LogP contribution in [0.15, 0.2) is 76.5 Å². The number of benzene rings is 3. The van der Waals surface area contributed by atoms with Gasteiger partial charge >= 0.3 is 0 Å². The molecule has 0 aliphatic rings. The van der Waals surface area contributed by atoms with Crippen LogP contribution in [0.25, 0.3) is 16.6 Å². The van der Waals surface area contributed by atoms with E-state index in [9.17, 15) is 4.79 Å². The van der Waals surface area contributed by atoms with Crippen molar-refractivity contribution in [1.29, 1.82) is 0 Å². The molecule has 0 N–H and O–H groups in total. The Morgan fingerprint density at radius 2 is 1.75 bits per heavy atom. The largest absolute Gasteiger partial charge is 0.268 e. The van der Waals surface area contributed by atoms with Gasteiger partial charge in [0.25, 0.3) is 5.56 Å². The molecule has 0 aliphatic carbocycles. The zero-order valence-electron chi connectivity index (χ0n) is 14.9. The Hall–Kier alpha value is -2.95. The molecule has 0 aliphatic heterocycles. The van der Waals surface area contributed by atoms with Crippen molar-refractivity contribution >= 4 is 46.0 Å². The highest BCUT2D eigenvalue weighted by Crippen LogP contribution is 2.20. The molecule has 4 rings (SSSR count). The molecule has 3 aromatic carbocycles. The van der Waals surface area contributed by atoms with Gasteiger partial charge in [-0.25, -0.2) is 4.98 Å². The molecule has 0 spiro atoms. The number of rotatable bonds is 3. The monoisotopic (exact) mass is 407 g/mol. The van der Waals surface area contributed by atoms with Crippen LogP contribution in [0.4, 0.5) is 5.69 Å². The summed E-state index contributed by atoms with van der Waals surface area (Å²) in [5.41, 5.74) is 2.79. The molecule has 138 valence electrons. The molecule has 0 radical (unpaired) electrons. The van der Waals surface area contributed by atoms with E-state index in [2.05, 4.69) is 9.98 Å². The van der Waals surface area contributed by atoms with Crippen LogP contribution in [0, 0.1) is 6.92 Å². The highest BCUT2D eigenvalue weighted by atomic mass is 35.5. The average Bonchev–Trinajstić information content (AvgIpc) is 2.69. The lowest BCUT2D eigenvalue weighted by Crippen LogP contribution is -2.22. The van der Waals surface area contributed by atoms with E-state index in [0.717, 1.165) is 11.3 Å². The Labute approximate surface area is 171 Å². The van der Waals surface area contributed by atoms with Gasteiger partial charge in [-0.2, -0.15) is 0 Å². The third-order valence-electron chi connectivity index (χ3n) is 4.36. The molecule has 4 aromatic rings. The summed E-state index contributed by atoms with van der Waals surface area (Å²) < 4.78 is 1.57. The minimum Gasteiger partial charge on any atom is -0.268 e. The molecule has 0 bridgehead atoms. The fourth-order valence-corrected chi connectivity index (χ4v) is 3.34. The minimum absolute atomic E-state index is 0.155. The van der Waals surface area contributed by atoms with Crippen LogP contribution >= 0.6 is 23.2 Å². The van der Waals surface area contributed by atoms with E-state index >= 15 is 0 Å². The molecule has 0 saturated heterocycles. The molecule has 0 fully saturated rings. The maximum absolute atomic E-state index is 13.0. The first-order valence-corrected chi connectivity index (χ1v) is 9.36. The molecule has 0 unspecified atom stereocenters. The molecule has 28 heavy (non-hydrogen) atoms. The van der Waals surface area contributed by atoms with Gasteiger partial charge < -0.3 is 0 Å². The number of aromatic nitrogens is 2. The van der Waals surface area contributed by atoms with Crippen LogP contribution in [0.2, 0.25) is 10.0 Å². The Bertz CT molecular complexity index is 1260. The number of halogens is 2. The Morgan fingerprint density at radius 3 is 2.50 bits per heavy atom. The van der Waals surface area contributed by atoms with Gasteiger partial charge in [0.2, 0.25) is 0 Å². The van der Waals surface area contributed by atoms with Crippen molar-refractivity contribution in [2.24, 2.45) is 4.99 Å².